The first kappa shape index (κ1) is 19.5. The largest absolute Gasteiger partial charge is 0.359 e. The first-order chi connectivity index (χ1) is 15.2. The highest BCUT2D eigenvalue weighted by Crippen LogP contribution is 2.27. The smallest absolute Gasteiger partial charge is 0.253 e. The second kappa shape index (κ2) is 8.35. The van der Waals surface area contributed by atoms with Crippen LogP contribution in [0, 0.1) is 5.82 Å². The van der Waals surface area contributed by atoms with Crippen molar-refractivity contribution in [3.8, 4) is 5.69 Å². The molecule has 1 fully saturated rings. The van der Waals surface area contributed by atoms with E-state index in [9.17, 15) is 9.18 Å². The summed E-state index contributed by atoms with van der Waals surface area (Å²) in [5.74, 6) is -0.134. The van der Waals surface area contributed by atoms with Crippen molar-refractivity contribution in [2.75, 3.05) is 32.7 Å². The van der Waals surface area contributed by atoms with E-state index in [1.165, 1.54) is 6.07 Å². The molecule has 7 heteroatoms. The van der Waals surface area contributed by atoms with Crippen molar-refractivity contribution in [1.82, 2.24) is 24.6 Å². The number of fused-ring (bicyclic) bond motifs is 1. The van der Waals surface area contributed by atoms with Gasteiger partial charge < -0.3 is 9.88 Å². The van der Waals surface area contributed by atoms with Gasteiger partial charge in [-0.3, -0.25) is 9.69 Å². The number of nitrogens with one attached hydrogen (secondary N) is 1. The summed E-state index contributed by atoms with van der Waals surface area (Å²) in [6.07, 6.45) is 6.20. The van der Waals surface area contributed by atoms with Crippen LogP contribution in [0.5, 0.6) is 0 Å². The van der Waals surface area contributed by atoms with Crippen molar-refractivity contribution in [2.24, 2.45) is 0 Å². The van der Waals surface area contributed by atoms with Gasteiger partial charge in [0.2, 0.25) is 0 Å². The molecule has 1 amide bonds. The minimum Gasteiger partial charge on any atom is -0.359 e. The Hall–Kier alpha value is -3.45. The predicted octanol–water partition coefficient (Wildman–Crippen LogP) is 3.49. The number of hydrogen-bond donors (Lipinski definition) is 1. The Morgan fingerprint density at radius 3 is 2.58 bits per heavy atom. The number of aromatic nitrogens is 3. The number of carbonyl (C=O) groups is 1. The number of piperazine rings is 1. The van der Waals surface area contributed by atoms with Gasteiger partial charge in [0.15, 0.2) is 0 Å². The molecule has 2 aromatic carbocycles. The van der Waals surface area contributed by atoms with Crippen LogP contribution >= 0.6 is 0 Å². The van der Waals surface area contributed by atoms with Crippen LogP contribution in [0.2, 0.25) is 0 Å². The number of halogens is 1. The van der Waals surface area contributed by atoms with Crippen molar-refractivity contribution >= 4 is 16.8 Å². The second-order valence-corrected chi connectivity index (χ2v) is 7.83. The van der Waals surface area contributed by atoms with E-state index in [-0.39, 0.29) is 11.7 Å². The van der Waals surface area contributed by atoms with E-state index in [0.29, 0.717) is 18.5 Å². The Labute approximate surface area is 179 Å². The molecule has 0 atom stereocenters. The molecule has 0 radical (unpaired) electrons. The molecule has 5 rings (SSSR count). The van der Waals surface area contributed by atoms with Crippen LogP contribution in [-0.4, -0.2) is 63.2 Å². The number of nitrogens with zero attached hydrogens (tertiary/aromatic N) is 4. The van der Waals surface area contributed by atoms with Gasteiger partial charge in [-0.15, -0.1) is 0 Å². The molecule has 0 bridgehead atoms. The molecule has 0 aliphatic carbocycles. The first-order valence-electron chi connectivity index (χ1n) is 10.6. The molecule has 6 nitrogen and oxygen atoms in total. The minimum absolute atomic E-state index is 0.0881. The Morgan fingerprint density at radius 2 is 1.84 bits per heavy atom. The van der Waals surface area contributed by atoms with E-state index in [1.807, 2.05) is 53.7 Å². The fourth-order valence-corrected chi connectivity index (χ4v) is 4.27. The molecule has 3 heterocycles. The fourth-order valence-electron chi connectivity index (χ4n) is 4.27. The average Bonchev–Trinajstić information content (AvgIpc) is 3.49. The highest BCUT2D eigenvalue weighted by molar-refractivity contribution is 5.94. The fraction of sp³-hybridized carbons (Fsp3) is 0.250. The van der Waals surface area contributed by atoms with Gasteiger partial charge in [-0.1, -0.05) is 18.2 Å². The zero-order valence-corrected chi connectivity index (χ0v) is 17.2. The van der Waals surface area contributed by atoms with Gasteiger partial charge in [-0.2, -0.15) is 5.10 Å². The summed E-state index contributed by atoms with van der Waals surface area (Å²) in [5.41, 5.74) is 3.29. The summed E-state index contributed by atoms with van der Waals surface area (Å²) >= 11 is 0. The second-order valence-electron chi connectivity index (χ2n) is 7.83. The van der Waals surface area contributed by atoms with E-state index < -0.39 is 0 Å². The van der Waals surface area contributed by atoms with Crippen LogP contribution < -0.4 is 0 Å². The lowest BCUT2D eigenvalue weighted by Gasteiger charge is -2.34. The number of aromatic amines is 1. The van der Waals surface area contributed by atoms with Gasteiger partial charge in [0.1, 0.15) is 5.82 Å². The highest BCUT2D eigenvalue weighted by atomic mass is 19.1. The van der Waals surface area contributed by atoms with Gasteiger partial charge in [-0.25, -0.2) is 9.07 Å². The molecule has 1 saturated heterocycles. The molecule has 158 valence electrons. The number of benzene rings is 2. The van der Waals surface area contributed by atoms with Gasteiger partial charge in [-0.05, 0) is 42.3 Å². The maximum Gasteiger partial charge on any atom is 0.253 e. The van der Waals surface area contributed by atoms with Crippen LogP contribution in [0.3, 0.4) is 0 Å². The molecule has 1 aliphatic rings. The maximum absolute atomic E-state index is 14.7. The first-order valence-corrected chi connectivity index (χ1v) is 10.6. The molecule has 0 saturated carbocycles. The van der Waals surface area contributed by atoms with Gasteiger partial charge in [0.25, 0.3) is 5.91 Å². The molecule has 0 spiro atoms. The molecular formula is C24H24FN5O. The monoisotopic (exact) mass is 417 g/mol. The minimum atomic E-state index is -0.222. The highest BCUT2D eigenvalue weighted by Gasteiger charge is 2.22. The Kier molecular flexibility index (Phi) is 5.26. The summed E-state index contributed by atoms with van der Waals surface area (Å²) in [5, 5.41) is 4.90. The van der Waals surface area contributed by atoms with Gasteiger partial charge in [0.05, 0.1) is 11.2 Å². The molecule has 1 N–H and O–H groups in total. The Bertz CT molecular complexity index is 1180. The normalized spacial score (nSPS) is 14.9. The van der Waals surface area contributed by atoms with Crippen molar-refractivity contribution in [3.63, 3.8) is 0 Å². The number of rotatable bonds is 5. The summed E-state index contributed by atoms with van der Waals surface area (Å²) in [6, 6.07) is 14.5. The summed E-state index contributed by atoms with van der Waals surface area (Å²) in [7, 11) is 0. The Morgan fingerprint density at radius 1 is 1.03 bits per heavy atom. The van der Waals surface area contributed by atoms with Crippen LogP contribution in [0.1, 0.15) is 15.9 Å². The van der Waals surface area contributed by atoms with Crippen LogP contribution in [-0.2, 0) is 6.42 Å². The Balaban J connectivity index is 1.24. The predicted molar refractivity (Wildman–Crippen MR) is 118 cm³/mol. The van der Waals surface area contributed by atoms with Crippen LogP contribution in [0.15, 0.2) is 67.1 Å². The molecule has 0 unspecified atom stereocenters. The van der Waals surface area contributed by atoms with Crippen molar-refractivity contribution in [2.45, 2.75) is 6.42 Å². The summed E-state index contributed by atoms with van der Waals surface area (Å²) < 4.78 is 16.4. The van der Waals surface area contributed by atoms with Crippen molar-refractivity contribution in [1.29, 1.82) is 0 Å². The maximum atomic E-state index is 14.7. The van der Waals surface area contributed by atoms with Crippen LogP contribution in [0.4, 0.5) is 4.39 Å². The van der Waals surface area contributed by atoms with E-state index in [1.54, 1.807) is 16.9 Å². The third kappa shape index (κ3) is 3.84. The number of H-pyrrole nitrogens is 1. The zero-order chi connectivity index (χ0) is 21.2. The lowest BCUT2D eigenvalue weighted by Crippen LogP contribution is -2.49. The lowest BCUT2D eigenvalue weighted by molar-refractivity contribution is 0.0638. The number of carbonyl (C=O) groups excluding carboxylic acids is 1. The number of amides is 1. The molecule has 4 aromatic rings. The van der Waals surface area contributed by atoms with Crippen molar-refractivity contribution < 1.29 is 9.18 Å². The van der Waals surface area contributed by atoms with E-state index in [0.717, 1.165) is 48.4 Å². The number of hydrogen-bond acceptors (Lipinski definition) is 3. The summed E-state index contributed by atoms with van der Waals surface area (Å²) in [4.78, 5) is 20.1. The zero-order valence-electron chi connectivity index (χ0n) is 17.2. The van der Waals surface area contributed by atoms with Crippen LogP contribution in [0.25, 0.3) is 16.6 Å². The molecule has 31 heavy (non-hydrogen) atoms. The molecule has 2 aromatic heterocycles. The van der Waals surface area contributed by atoms with Gasteiger partial charge >= 0.3 is 0 Å². The molecular weight excluding hydrogens is 393 g/mol. The topological polar surface area (TPSA) is 57.2 Å². The standard InChI is InChI=1S/C24H24FN5O/c25-20-7-8-21(30-11-4-10-27-30)23-22(20)19(17-26-23)9-12-28-13-15-29(16-14-28)24(31)18-5-2-1-3-6-18/h1-8,10-11,17,26H,9,12-16H2. The third-order valence-corrected chi connectivity index (χ3v) is 5.97. The SMILES string of the molecule is O=C(c1ccccc1)N1CCN(CCc2c[nH]c3c(-n4cccn4)ccc(F)c23)CC1. The van der Waals surface area contributed by atoms with E-state index in [2.05, 4.69) is 15.0 Å². The van der Waals surface area contributed by atoms with Gasteiger partial charge in [0, 0.05) is 62.3 Å². The average molecular weight is 417 g/mol. The van der Waals surface area contributed by atoms with Crippen molar-refractivity contribution in [3.05, 3.63) is 84.1 Å². The molecule has 1 aliphatic heterocycles. The van der Waals surface area contributed by atoms with E-state index >= 15 is 0 Å². The lowest BCUT2D eigenvalue weighted by atomic mass is 10.1. The quantitative estimate of drug-likeness (QED) is 0.541. The van der Waals surface area contributed by atoms with E-state index in [4.69, 9.17) is 0 Å². The summed E-state index contributed by atoms with van der Waals surface area (Å²) in [6.45, 7) is 3.88. The third-order valence-electron chi connectivity index (χ3n) is 5.97.